The van der Waals surface area contributed by atoms with E-state index in [4.69, 9.17) is 5.73 Å². The average Bonchev–Trinajstić information content (AvgIpc) is 2.74. The molecular weight excluding hydrogens is 382 g/mol. The van der Waals surface area contributed by atoms with Crippen molar-refractivity contribution in [2.45, 2.75) is 43.3 Å². The van der Waals surface area contributed by atoms with Gasteiger partial charge in [0.2, 0.25) is 10.0 Å². The quantitative estimate of drug-likeness (QED) is 0.610. The van der Waals surface area contributed by atoms with Gasteiger partial charge in [-0.05, 0) is 60.4 Å². The van der Waals surface area contributed by atoms with Crippen LogP contribution in [0.3, 0.4) is 0 Å². The van der Waals surface area contributed by atoms with E-state index in [-0.39, 0.29) is 6.04 Å². The molecule has 2 atom stereocenters. The molecule has 1 saturated heterocycles. The van der Waals surface area contributed by atoms with Gasteiger partial charge in [0, 0.05) is 18.3 Å². The van der Waals surface area contributed by atoms with Crippen LogP contribution in [0.1, 0.15) is 37.9 Å². The number of nitrogens with two attached hydrogens (primary N) is 1. The number of sulfonamides is 1. The summed E-state index contributed by atoms with van der Waals surface area (Å²) >= 11 is 0. The predicted molar refractivity (Wildman–Crippen MR) is 118 cm³/mol. The summed E-state index contributed by atoms with van der Waals surface area (Å²) in [4.78, 5) is 0.329. The van der Waals surface area contributed by atoms with E-state index < -0.39 is 16.2 Å². The SMILES string of the molecule is CC1CCCCN1S(=O)(=O)c1ccc(NC(N)c2cccc3ccccc23)cc1. The van der Waals surface area contributed by atoms with E-state index >= 15 is 0 Å². The lowest BCUT2D eigenvalue weighted by Crippen LogP contribution is -2.41. The van der Waals surface area contributed by atoms with Gasteiger partial charge >= 0.3 is 0 Å². The zero-order chi connectivity index (χ0) is 20.4. The van der Waals surface area contributed by atoms with E-state index in [1.54, 1.807) is 28.6 Å². The average molecular weight is 410 g/mol. The van der Waals surface area contributed by atoms with Crippen LogP contribution in [0.25, 0.3) is 10.8 Å². The first-order valence-electron chi connectivity index (χ1n) is 10.1. The smallest absolute Gasteiger partial charge is 0.243 e. The maximum Gasteiger partial charge on any atom is 0.243 e. The summed E-state index contributed by atoms with van der Waals surface area (Å²) in [5.74, 6) is 0. The molecule has 0 radical (unpaired) electrons. The van der Waals surface area contributed by atoms with Gasteiger partial charge in [0.15, 0.2) is 0 Å². The van der Waals surface area contributed by atoms with E-state index in [1.165, 1.54) is 0 Å². The van der Waals surface area contributed by atoms with Crippen LogP contribution in [0, 0.1) is 0 Å². The van der Waals surface area contributed by atoms with Crippen molar-refractivity contribution in [3.05, 3.63) is 72.3 Å². The third-order valence-corrected chi connectivity index (χ3v) is 7.71. The number of nitrogens with one attached hydrogen (secondary N) is 1. The van der Waals surface area contributed by atoms with Gasteiger partial charge in [0.25, 0.3) is 0 Å². The lowest BCUT2D eigenvalue weighted by molar-refractivity contribution is 0.268. The fraction of sp³-hybridized carbons (Fsp3) is 0.304. The number of rotatable bonds is 5. The minimum absolute atomic E-state index is 0.0475. The Morgan fingerprint density at radius 2 is 1.72 bits per heavy atom. The molecule has 0 aromatic heterocycles. The molecule has 1 aliphatic heterocycles. The minimum atomic E-state index is -3.46. The maximum absolute atomic E-state index is 13.0. The van der Waals surface area contributed by atoms with Crippen molar-refractivity contribution in [2.24, 2.45) is 5.73 Å². The van der Waals surface area contributed by atoms with Gasteiger partial charge < -0.3 is 11.1 Å². The van der Waals surface area contributed by atoms with E-state index in [0.717, 1.165) is 41.3 Å². The zero-order valence-electron chi connectivity index (χ0n) is 16.6. The molecule has 6 heteroatoms. The van der Waals surface area contributed by atoms with Crippen LogP contribution in [-0.2, 0) is 10.0 Å². The highest BCUT2D eigenvalue weighted by Gasteiger charge is 2.30. The van der Waals surface area contributed by atoms with Crippen LogP contribution in [0.2, 0.25) is 0 Å². The molecule has 4 rings (SSSR count). The number of anilines is 1. The van der Waals surface area contributed by atoms with Crippen molar-refractivity contribution < 1.29 is 8.42 Å². The lowest BCUT2D eigenvalue weighted by Gasteiger charge is -2.32. The fourth-order valence-corrected chi connectivity index (χ4v) is 5.77. The highest BCUT2D eigenvalue weighted by Crippen LogP contribution is 2.27. The molecule has 1 fully saturated rings. The van der Waals surface area contributed by atoms with Crippen LogP contribution >= 0.6 is 0 Å². The third-order valence-electron chi connectivity index (χ3n) is 5.68. The first-order valence-corrected chi connectivity index (χ1v) is 11.5. The van der Waals surface area contributed by atoms with Gasteiger partial charge in [-0.3, -0.25) is 0 Å². The van der Waals surface area contributed by atoms with Gasteiger partial charge in [0.05, 0.1) is 4.90 Å². The topological polar surface area (TPSA) is 75.4 Å². The van der Waals surface area contributed by atoms with Crippen molar-refractivity contribution in [1.29, 1.82) is 0 Å². The molecule has 0 aliphatic carbocycles. The summed E-state index contributed by atoms with van der Waals surface area (Å²) in [5, 5.41) is 5.53. The Kier molecular flexibility index (Phi) is 5.58. The zero-order valence-corrected chi connectivity index (χ0v) is 17.4. The normalized spacial score (nSPS) is 19.2. The molecule has 3 N–H and O–H groups in total. The van der Waals surface area contributed by atoms with Crippen molar-refractivity contribution in [3.63, 3.8) is 0 Å². The van der Waals surface area contributed by atoms with Gasteiger partial charge in [-0.1, -0.05) is 48.9 Å². The van der Waals surface area contributed by atoms with Crippen LogP contribution in [0.5, 0.6) is 0 Å². The summed E-state index contributed by atoms with van der Waals surface area (Å²) < 4.78 is 27.6. The Morgan fingerprint density at radius 3 is 2.48 bits per heavy atom. The van der Waals surface area contributed by atoms with Crippen molar-refractivity contribution in [1.82, 2.24) is 4.31 Å². The Morgan fingerprint density at radius 1 is 1.00 bits per heavy atom. The molecular formula is C23H27N3O2S. The number of hydrogen-bond acceptors (Lipinski definition) is 4. The van der Waals surface area contributed by atoms with Crippen LogP contribution in [-0.4, -0.2) is 25.3 Å². The largest absolute Gasteiger partial charge is 0.366 e. The highest BCUT2D eigenvalue weighted by atomic mass is 32.2. The van der Waals surface area contributed by atoms with Gasteiger partial charge in [-0.15, -0.1) is 0 Å². The molecule has 29 heavy (non-hydrogen) atoms. The molecule has 1 heterocycles. The molecule has 3 aromatic rings. The first-order chi connectivity index (χ1) is 14.0. The maximum atomic E-state index is 13.0. The molecule has 0 saturated carbocycles. The molecule has 0 spiro atoms. The Bertz CT molecular complexity index is 1090. The van der Waals surface area contributed by atoms with Crippen molar-refractivity contribution in [2.75, 3.05) is 11.9 Å². The summed E-state index contributed by atoms with van der Waals surface area (Å²) in [6.45, 7) is 2.57. The second-order valence-corrected chi connectivity index (χ2v) is 9.57. The predicted octanol–water partition coefficient (Wildman–Crippen LogP) is 4.47. The van der Waals surface area contributed by atoms with E-state index in [1.807, 2.05) is 31.2 Å². The number of nitrogens with zero attached hydrogens (tertiary/aromatic N) is 1. The fourth-order valence-electron chi connectivity index (χ4n) is 4.07. The van der Waals surface area contributed by atoms with Crippen LogP contribution in [0.15, 0.2) is 71.6 Å². The Balaban J connectivity index is 1.53. The molecule has 3 aromatic carbocycles. The lowest BCUT2D eigenvalue weighted by atomic mass is 10.0. The van der Waals surface area contributed by atoms with E-state index in [9.17, 15) is 8.42 Å². The van der Waals surface area contributed by atoms with Crippen LogP contribution in [0.4, 0.5) is 5.69 Å². The number of hydrogen-bond donors (Lipinski definition) is 2. The van der Waals surface area contributed by atoms with Gasteiger partial charge in [-0.2, -0.15) is 4.31 Å². The third kappa shape index (κ3) is 4.01. The van der Waals surface area contributed by atoms with Gasteiger partial charge in [0.1, 0.15) is 6.17 Å². The van der Waals surface area contributed by atoms with Gasteiger partial charge in [-0.25, -0.2) is 8.42 Å². The molecule has 0 amide bonds. The minimum Gasteiger partial charge on any atom is -0.366 e. The monoisotopic (exact) mass is 409 g/mol. The second kappa shape index (κ2) is 8.14. The summed E-state index contributed by atoms with van der Waals surface area (Å²) in [7, 11) is -3.46. The second-order valence-electron chi connectivity index (χ2n) is 7.68. The van der Waals surface area contributed by atoms with Crippen LogP contribution < -0.4 is 11.1 Å². The highest BCUT2D eigenvalue weighted by molar-refractivity contribution is 7.89. The molecule has 152 valence electrons. The molecule has 0 bridgehead atoms. The summed E-state index contributed by atoms with van der Waals surface area (Å²) in [5.41, 5.74) is 8.20. The molecule has 2 unspecified atom stereocenters. The molecule has 1 aliphatic rings. The van der Waals surface area contributed by atoms with E-state index in [0.29, 0.717) is 11.4 Å². The Hall–Kier alpha value is -2.41. The number of piperidine rings is 1. The molecule has 5 nitrogen and oxygen atoms in total. The van der Waals surface area contributed by atoms with Crippen molar-refractivity contribution in [3.8, 4) is 0 Å². The summed E-state index contributed by atoms with van der Waals surface area (Å²) in [6.07, 6.45) is 2.52. The summed E-state index contributed by atoms with van der Waals surface area (Å²) in [6, 6.07) is 21.1. The van der Waals surface area contributed by atoms with Crippen molar-refractivity contribution >= 4 is 26.5 Å². The Labute approximate surface area is 172 Å². The first kappa shape index (κ1) is 19.9. The number of benzene rings is 3. The standard InChI is InChI=1S/C23H27N3O2S/c1-17-7-4-5-16-26(17)29(27,28)20-14-12-19(13-15-20)25-23(24)22-11-6-9-18-8-2-3-10-21(18)22/h2-3,6,8-15,17,23,25H,4-5,7,16,24H2,1H3. The number of fused-ring (bicyclic) bond motifs is 1. The van der Waals surface area contributed by atoms with E-state index in [2.05, 4.69) is 23.5 Å².